The van der Waals surface area contributed by atoms with Crippen molar-refractivity contribution in [3.05, 3.63) is 101 Å². The maximum atomic E-state index is 13.3. The summed E-state index contributed by atoms with van der Waals surface area (Å²) in [7, 11) is 0. The minimum absolute atomic E-state index is 0.144. The fourth-order valence-corrected chi connectivity index (χ4v) is 3.30. The summed E-state index contributed by atoms with van der Waals surface area (Å²) in [4.78, 5) is 19.7. The van der Waals surface area contributed by atoms with E-state index >= 15 is 0 Å². The van der Waals surface area contributed by atoms with Crippen LogP contribution in [-0.2, 0) is 4.79 Å². The van der Waals surface area contributed by atoms with Crippen LogP contribution in [0.15, 0.2) is 89.6 Å². The molecule has 4 rings (SSSR count). The molecule has 1 amide bonds. The molecule has 1 aliphatic rings. The van der Waals surface area contributed by atoms with Gasteiger partial charge in [0.15, 0.2) is 0 Å². The molecule has 0 aliphatic carbocycles. The van der Waals surface area contributed by atoms with Gasteiger partial charge in [0.1, 0.15) is 17.3 Å². The van der Waals surface area contributed by atoms with E-state index in [4.69, 9.17) is 9.73 Å². The predicted octanol–water partition coefficient (Wildman–Crippen LogP) is 5.23. The number of aryl methyl sites for hydroxylation is 1. The van der Waals surface area contributed by atoms with E-state index in [1.54, 1.807) is 4.90 Å². The smallest absolute Gasteiger partial charge is 0.282 e. The van der Waals surface area contributed by atoms with Crippen LogP contribution in [0.25, 0.3) is 6.08 Å². The quantitative estimate of drug-likeness (QED) is 0.567. The Kier molecular flexibility index (Phi) is 5.25. The first-order valence-electron chi connectivity index (χ1n) is 9.65. The summed E-state index contributed by atoms with van der Waals surface area (Å²) >= 11 is 0. The third kappa shape index (κ3) is 3.97. The van der Waals surface area contributed by atoms with E-state index in [2.05, 4.69) is 0 Å². The van der Waals surface area contributed by atoms with Crippen LogP contribution < -0.4 is 9.64 Å². The molecule has 3 aromatic carbocycles. The average molecular weight is 382 g/mol. The van der Waals surface area contributed by atoms with Crippen molar-refractivity contribution in [1.82, 2.24) is 0 Å². The van der Waals surface area contributed by atoms with Crippen molar-refractivity contribution in [2.75, 3.05) is 11.5 Å². The molecule has 1 heterocycles. The van der Waals surface area contributed by atoms with Crippen molar-refractivity contribution in [2.24, 2.45) is 4.99 Å². The Balaban J connectivity index is 1.78. The Hall–Kier alpha value is -3.66. The van der Waals surface area contributed by atoms with Gasteiger partial charge < -0.3 is 4.74 Å². The third-order valence-electron chi connectivity index (χ3n) is 4.65. The SMILES string of the molecule is CCOc1ccc(N2C(=O)/C(=C\c3ccccc3)N=C2c2cccc(C)c2)cc1. The fraction of sp³-hybridized carbons (Fsp3) is 0.120. The van der Waals surface area contributed by atoms with E-state index in [1.165, 1.54) is 0 Å². The Morgan fingerprint density at radius 3 is 2.41 bits per heavy atom. The second-order valence-electron chi connectivity index (χ2n) is 6.81. The first-order chi connectivity index (χ1) is 14.2. The molecule has 1 aliphatic heterocycles. The highest BCUT2D eigenvalue weighted by atomic mass is 16.5. The summed E-state index contributed by atoms with van der Waals surface area (Å²) in [6.07, 6.45) is 1.83. The molecule has 4 nitrogen and oxygen atoms in total. The lowest BCUT2D eigenvalue weighted by atomic mass is 10.1. The molecule has 0 radical (unpaired) electrons. The standard InChI is InChI=1S/C25H22N2O2/c1-3-29-22-14-12-21(13-15-22)27-24(20-11-7-8-18(2)16-20)26-23(25(27)28)17-19-9-5-4-6-10-19/h4-17H,3H2,1-2H3/b23-17+. The normalized spacial score (nSPS) is 15.0. The Labute approximate surface area is 170 Å². The molecule has 0 spiro atoms. The number of rotatable bonds is 5. The lowest BCUT2D eigenvalue weighted by Crippen LogP contribution is -2.32. The van der Waals surface area contributed by atoms with Crippen LogP contribution in [0.1, 0.15) is 23.6 Å². The number of hydrogen-bond acceptors (Lipinski definition) is 3. The number of benzene rings is 3. The number of amides is 1. The van der Waals surface area contributed by atoms with Gasteiger partial charge in [-0.2, -0.15) is 0 Å². The lowest BCUT2D eigenvalue weighted by Gasteiger charge is -2.19. The highest BCUT2D eigenvalue weighted by molar-refractivity contribution is 6.33. The first-order valence-corrected chi connectivity index (χ1v) is 9.65. The molecule has 0 atom stereocenters. The van der Waals surface area contributed by atoms with Crippen molar-refractivity contribution < 1.29 is 9.53 Å². The number of carbonyl (C=O) groups is 1. The monoisotopic (exact) mass is 382 g/mol. The number of ether oxygens (including phenoxy) is 1. The van der Waals surface area contributed by atoms with Gasteiger partial charge in [0, 0.05) is 5.56 Å². The molecule has 0 saturated heterocycles. The van der Waals surface area contributed by atoms with Gasteiger partial charge in [-0.05, 0) is 55.8 Å². The maximum Gasteiger partial charge on any atom is 0.282 e. The van der Waals surface area contributed by atoms with Crippen molar-refractivity contribution >= 4 is 23.5 Å². The molecule has 144 valence electrons. The molecule has 0 unspecified atom stereocenters. The lowest BCUT2D eigenvalue weighted by molar-refractivity contribution is -0.113. The van der Waals surface area contributed by atoms with Gasteiger partial charge in [-0.25, -0.2) is 4.99 Å². The third-order valence-corrected chi connectivity index (χ3v) is 4.65. The number of hydrogen-bond donors (Lipinski definition) is 0. The number of aliphatic imine (C=N–C) groups is 1. The summed E-state index contributed by atoms with van der Waals surface area (Å²) in [5, 5.41) is 0. The summed E-state index contributed by atoms with van der Waals surface area (Å²) in [5.74, 6) is 1.26. The van der Waals surface area contributed by atoms with Crippen LogP contribution in [0, 0.1) is 6.92 Å². The number of nitrogens with zero attached hydrogens (tertiary/aromatic N) is 2. The van der Waals surface area contributed by atoms with Crippen molar-refractivity contribution in [3.8, 4) is 5.75 Å². The molecular formula is C25H22N2O2. The molecule has 0 saturated carbocycles. The van der Waals surface area contributed by atoms with Gasteiger partial charge in [0.25, 0.3) is 5.91 Å². The molecular weight excluding hydrogens is 360 g/mol. The molecule has 0 fully saturated rings. The minimum atomic E-state index is -0.144. The largest absolute Gasteiger partial charge is 0.494 e. The van der Waals surface area contributed by atoms with Gasteiger partial charge in [0.05, 0.1) is 12.3 Å². The Bertz CT molecular complexity index is 1080. The van der Waals surface area contributed by atoms with E-state index in [0.717, 1.165) is 28.1 Å². The van der Waals surface area contributed by atoms with Crippen LogP contribution in [0.5, 0.6) is 5.75 Å². The molecule has 0 bridgehead atoms. The van der Waals surface area contributed by atoms with Crippen LogP contribution in [0.4, 0.5) is 5.69 Å². The molecule has 0 aromatic heterocycles. The van der Waals surface area contributed by atoms with Gasteiger partial charge in [0.2, 0.25) is 0 Å². The molecule has 3 aromatic rings. The second kappa shape index (κ2) is 8.15. The summed E-state index contributed by atoms with van der Waals surface area (Å²) in [6.45, 7) is 4.58. The Morgan fingerprint density at radius 2 is 1.72 bits per heavy atom. The zero-order chi connectivity index (χ0) is 20.2. The zero-order valence-electron chi connectivity index (χ0n) is 16.5. The van der Waals surface area contributed by atoms with E-state index in [1.807, 2.05) is 98.8 Å². The second-order valence-corrected chi connectivity index (χ2v) is 6.81. The molecule has 29 heavy (non-hydrogen) atoms. The van der Waals surface area contributed by atoms with E-state index < -0.39 is 0 Å². The number of anilines is 1. The molecule has 0 N–H and O–H groups in total. The maximum absolute atomic E-state index is 13.3. The van der Waals surface area contributed by atoms with E-state index in [0.29, 0.717) is 18.1 Å². The predicted molar refractivity (Wildman–Crippen MR) is 117 cm³/mol. The van der Waals surface area contributed by atoms with Crippen LogP contribution >= 0.6 is 0 Å². The first kappa shape index (κ1) is 18.7. The van der Waals surface area contributed by atoms with Gasteiger partial charge in [-0.1, -0.05) is 54.1 Å². The molecule has 4 heteroatoms. The van der Waals surface area contributed by atoms with Gasteiger partial charge in [-0.3, -0.25) is 9.69 Å². The summed E-state index contributed by atoms with van der Waals surface area (Å²) < 4.78 is 5.53. The van der Waals surface area contributed by atoms with Crippen molar-refractivity contribution in [3.63, 3.8) is 0 Å². The van der Waals surface area contributed by atoms with Gasteiger partial charge >= 0.3 is 0 Å². The van der Waals surface area contributed by atoms with Crippen LogP contribution in [-0.4, -0.2) is 18.3 Å². The average Bonchev–Trinajstić information content (AvgIpc) is 3.06. The number of carbonyl (C=O) groups excluding carboxylic acids is 1. The summed E-state index contributed by atoms with van der Waals surface area (Å²) in [5.41, 5.74) is 4.14. The minimum Gasteiger partial charge on any atom is -0.494 e. The highest BCUT2D eigenvalue weighted by Crippen LogP contribution is 2.29. The number of amidine groups is 1. The summed E-state index contributed by atoms with van der Waals surface area (Å²) in [6, 6.07) is 25.3. The van der Waals surface area contributed by atoms with Crippen molar-refractivity contribution in [1.29, 1.82) is 0 Å². The van der Waals surface area contributed by atoms with Crippen LogP contribution in [0.3, 0.4) is 0 Å². The topological polar surface area (TPSA) is 41.9 Å². The van der Waals surface area contributed by atoms with E-state index in [9.17, 15) is 4.79 Å². The Morgan fingerprint density at radius 1 is 0.966 bits per heavy atom. The van der Waals surface area contributed by atoms with Gasteiger partial charge in [-0.15, -0.1) is 0 Å². The highest BCUT2D eigenvalue weighted by Gasteiger charge is 2.32. The van der Waals surface area contributed by atoms with Crippen molar-refractivity contribution in [2.45, 2.75) is 13.8 Å². The van der Waals surface area contributed by atoms with E-state index in [-0.39, 0.29) is 5.91 Å². The zero-order valence-corrected chi connectivity index (χ0v) is 16.5. The fourth-order valence-electron chi connectivity index (χ4n) is 3.30. The van der Waals surface area contributed by atoms with Crippen LogP contribution in [0.2, 0.25) is 0 Å².